The first-order chi connectivity index (χ1) is 9.92. The SMILES string of the molecule is CCCCCCCCCCn1ccnc1-c1cccs1. The van der Waals surface area contributed by atoms with Crippen LogP contribution in [0.3, 0.4) is 0 Å². The van der Waals surface area contributed by atoms with E-state index >= 15 is 0 Å². The number of imidazole rings is 1. The molecule has 0 saturated heterocycles. The van der Waals surface area contributed by atoms with Gasteiger partial charge in [0.1, 0.15) is 5.82 Å². The Labute approximate surface area is 126 Å². The van der Waals surface area contributed by atoms with Crippen molar-refractivity contribution in [3.05, 3.63) is 29.9 Å². The summed E-state index contributed by atoms with van der Waals surface area (Å²) in [5.74, 6) is 1.13. The van der Waals surface area contributed by atoms with Gasteiger partial charge in [-0.3, -0.25) is 0 Å². The molecule has 2 nitrogen and oxygen atoms in total. The Balaban J connectivity index is 1.64. The first-order valence-electron chi connectivity index (χ1n) is 7.97. The summed E-state index contributed by atoms with van der Waals surface area (Å²) in [7, 11) is 0. The molecule has 0 saturated carbocycles. The number of unbranched alkanes of at least 4 members (excludes halogenated alkanes) is 7. The second kappa shape index (κ2) is 8.96. The average Bonchev–Trinajstić information content (AvgIpc) is 3.11. The molecule has 0 unspecified atom stereocenters. The first-order valence-corrected chi connectivity index (χ1v) is 8.85. The molecule has 0 aromatic carbocycles. The Morgan fingerprint density at radius 2 is 1.80 bits per heavy atom. The van der Waals surface area contributed by atoms with Gasteiger partial charge in [-0.05, 0) is 17.9 Å². The summed E-state index contributed by atoms with van der Waals surface area (Å²) >= 11 is 1.77. The summed E-state index contributed by atoms with van der Waals surface area (Å²) in [5, 5.41) is 2.12. The van der Waals surface area contributed by atoms with Gasteiger partial charge in [0.25, 0.3) is 0 Å². The lowest BCUT2D eigenvalue weighted by Crippen LogP contribution is -1.98. The maximum Gasteiger partial charge on any atom is 0.149 e. The van der Waals surface area contributed by atoms with Crippen LogP contribution in [0.4, 0.5) is 0 Å². The zero-order valence-corrected chi connectivity index (χ0v) is 13.4. The largest absolute Gasteiger partial charge is 0.330 e. The molecule has 2 heterocycles. The highest BCUT2D eigenvalue weighted by Crippen LogP contribution is 2.23. The van der Waals surface area contributed by atoms with Crippen molar-refractivity contribution in [2.75, 3.05) is 0 Å². The van der Waals surface area contributed by atoms with Crippen molar-refractivity contribution in [3.63, 3.8) is 0 Å². The van der Waals surface area contributed by atoms with Crippen LogP contribution in [0.2, 0.25) is 0 Å². The lowest BCUT2D eigenvalue weighted by molar-refractivity contribution is 0.545. The second-order valence-corrected chi connectivity index (χ2v) is 6.34. The molecule has 0 atom stereocenters. The van der Waals surface area contributed by atoms with Gasteiger partial charge < -0.3 is 4.57 Å². The van der Waals surface area contributed by atoms with Crippen molar-refractivity contribution in [2.45, 2.75) is 64.8 Å². The molecular formula is C17H26N2S. The number of rotatable bonds is 10. The topological polar surface area (TPSA) is 17.8 Å². The van der Waals surface area contributed by atoms with Gasteiger partial charge in [0, 0.05) is 18.9 Å². The third-order valence-electron chi connectivity index (χ3n) is 3.71. The molecule has 0 radical (unpaired) electrons. The third kappa shape index (κ3) is 4.78. The van der Waals surface area contributed by atoms with E-state index in [1.54, 1.807) is 11.3 Å². The molecule has 0 N–H and O–H groups in total. The van der Waals surface area contributed by atoms with E-state index in [0.717, 1.165) is 12.4 Å². The van der Waals surface area contributed by atoms with Crippen molar-refractivity contribution in [1.82, 2.24) is 9.55 Å². The van der Waals surface area contributed by atoms with Crippen LogP contribution in [-0.2, 0) is 6.54 Å². The van der Waals surface area contributed by atoms with E-state index in [-0.39, 0.29) is 0 Å². The molecule has 110 valence electrons. The summed E-state index contributed by atoms with van der Waals surface area (Å²) in [4.78, 5) is 5.75. The van der Waals surface area contributed by atoms with Gasteiger partial charge in [-0.25, -0.2) is 4.98 Å². The normalized spacial score (nSPS) is 11.1. The predicted octanol–water partition coefficient (Wildman–Crippen LogP) is 5.75. The summed E-state index contributed by atoms with van der Waals surface area (Å²) < 4.78 is 2.29. The smallest absolute Gasteiger partial charge is 0.149 e. The Hall–Kier alpha value is -1.09. The highest BCUT2D eigenvalue weighted by Gasteiger charge is 2.05. The summed E-state index contributed by atoms with van der Waals surface area (Å²) in [6.07, 6.45) is 15.0. The van der Waals surface area contributed by atoms with Gasteiger partial charge in [-0.1, -0.05) is 57.9 Å². The summed E-state index contributed by atoms with van der Waals surface area (Å²) in [5.41, 5.74) is 0. The van der Waals surface area contributed by atoms with Crippen LogP contribution in [0, 0.1) is 0 Å². The van der Waals surface area contributed by atoms with Gasteiger partial charge in [0.15, 0.2) is 0 Å². The molecule has 0 aliphatic carbocycles. The zero-order valence-electron chi connectivity index (χ0n) is 12.6. The minimum atomic E-state index is 1.10. The van der Waals surface area contributed by atoms with E-state index in [2.05, 4.69) is 40.2 Å². The number of hydrogen-bond donors (Lipinski definition) is 0. The molecule has 2 aromatic heterocycles. The maximum atomic E-state index is 4.48. The molecule has 0 fully saturated rings. The van der Waals surface area contributed by atoms with Crippen LogP contribution < -0.4 is 0 Å². The van der Waals surface area contributed by atoms with Crippen LogP contribution in [0.25, 0.3) is 10.7 Å². The van der Waals surface area contributed by atoms with Gasteiger partial charge >= 0.3 is 0 Å². The minimum absolute atomic E-state index is 1.10. The molecule has 2 aromatic rings. The monoisotopic (exact) mass is 290 g/mol. The van der Waals surface area contributed by atoms with Crippen molar-refractivity contribution in [3.8, 4) is 10.7 Å². The Bertz CT molecular complexity index is 459. The molecule has 0 aliphatic rings. The van der Waals surface area contributed by atoms with E-state index in [1.165, 1.54) is 56.2 Å². The first kappa shape index (κ1) is 15.3. The second-order valence-electron chi connectivity index (χ2n) is 5.40. The lowest BCUT2D eigenvalue weighted by atomic mass is 10.1. The fourth-order valence-corrected chi connectivity index (χ4v) is 3.27. The van der Waals surface area contributed by atoms with Crippen LogP contribution in [-0.4, -0.2) is 9.55 Å². The average molecular weight is 290 g/mol. The summed E-state index contributed by atoms with van der Waals surface area (Å²) in [6.45, 7) is 3.37. The van der Waals surface area contributed by atoms with Gasteiger partial charge in [0.05, 0.1) is 4.88 Å². The van der Waals surface area contributed by atoms with Crippen molar-refractivity contribution in [1.29, 1.82) is 0 Å². The van der Waals surface area contributed by atoms with E-state index in [0.29, 0.717) is 0 Å². The standard InChI is InChI=1S/C17H26N2S/c1-2-3-4-5-6-7-8-9-13-19-14-12-18-17(19)16-11-10-15-20-16/h10-12,14-15H,2-9,13H2,1H3. The Morgan fingerprint density at radius 3 is 2.50 bits per heavy atom. The fourth-order valence-electron chi connectivity index (χ4n) is 2.54. The van der Waals surface area contributed by atoms with Crippen LogP contribution >= 0.6 is 11.3 Å². The molecule has 0 bridgehead atoms. The van der Waals surface area contributed by atoms with Crippen LogP contribution in [0.1, 0.15) is 58.3 Å². The van der Waals surface area contributed by atoms with E-state index in [1.807, 2.05) is 6.20 Å². The van der Waals surface area contributed by atoms with Gasteiger partial charge in [-0.2, -0.15) is 0 Å². The molecule has 0 spiro atoms. The van der Waals surface area contributed by atoms with Crippen molar-refractivity contribution < 1.29 is 0 Å². The predicted molar refractivity (Wildman–Crippen MR) is 88.2 cm³/mol. The van der Waals surface area contributed by atoms with Crippen molar-refractivity contribution in [2.24, 2.45) is 0 Å². The summed E-state index contributed by atoms with van der Waals surface area (Å²) in [6, 6.07) is 4.24. The number of thiophene rings is 1. The molecule has 20 heavy (non-hydrogen) atoms. The highest BCUT2D eigenvalue weighted by molar-refractivity contribution is 7.13. The van der Waals surface area contributed by atoms with E-state index in [9.17, 15) is 0 Å². The molecule has 3 heteroatoms. The van der Waals surface area contributed by atoms with Gasteiger partial charge in [0.2, 0.25) is 0 Å². The molecule has 2 rings (SSSR count). The zero-order chi connectivity index (χ0) is 14.0. The Kier molecular flexibility index (Phi) is 6.85. The van der Waals surface area contributed by atoms with Crippen molar-refractivity contribution >= 4 is 11.3 Å². The lowest BCUT2D eigenvalue weighted by Gasteiger charge is -2.06. The number of aromatic nitrogens is 2. The minimum Gasteiger partial charge on any atom is -0.330 e. The quantitative estimate of drug-likeness (QED) is 0.509. The maximum absolute atomic E-state index is 4.48. The fraction of sp³-hybridized carbons (Fsp3) is 0.588. The molecule has 0 amide bonds. The van der Waals surface area contributed by atoms with Crippen LogP contribution in [0.5, 0.6) is 0 Å². The van der Waals surface area contributed by atoms with E-state index in [4.69, 9.17) is 0 Å². The van der Waals surface area contributed by atoms with Crippen LogP contribution in [0.15, 0.2) is 29.9 Å². The number of nitrogens with zero attached hydrogens (tertiary/aromatic N) is 2. The Morgan fingerprint density at radius 1 is 1.05 bits per heavy atom. The third-order valence-corrected chi connectivity index (χ3v) is 4.58. The number of aryl methyl sites for hydroxylation is 1. The van der Waals surface area contributed by atoms with E-state index < -0.39 is 0 Å². The molecule has 0 aliphatic heterocycles. The molecular weight excluding hydrogens is 264 g/mol. The number of hydrogen-bond acceptors (Lipinski definition) is 2. The highest BCUT2D eigenvalue weighted by atomic mass is 32.1. The van der Waals surface area contributed by atoms with Gasteiger partial charge in [-0.15, -0.1) is 11.3 Å².